The van der Waals surface area contributed by atoms with Gasteiger partial charge in [0, 0.05) is 35.3 Å². The molecule has 1 aromatic heterocycles. The smallest absolute Gasteiger partial charge is 0.124 e. The van der Waals surface area contributed by atoms with Gasteiger partial charge in [0.1, 0.15) is 5.82 Å². The molecule has 0 bridgehead atoms. The van der Waals surface area contributed by atoms with E-state index in [-0.39, 0.29) is 5.82 Å². The predicted molar refractivity (Wildman–Crippen MR) is 84.5 cm³/mol. The van der Waals surface area contributed by atoms with Crippen molar-refractivity contribution in [2.75, 3.05) is 5.32 Å². The van der Waals surface area contributed by atoms with E-state index in [9.17, 15) is 4.39 Å². The van der Waals surface area contributed by atoms with Gasteiger partial charge in [-0.25, -0.2) is 4.39 Å². The van der Waals surface area contributed by atoms with E-state index in [0.717, 1.165) is 16.9 Å². The summed E-state index contributed by atoms with van der Waals surface area (Å²) in [6.07, 6.45) is 3.99. The summed E-state index contributed by atoms with van der Waals surface area (Å²) in [7, 11) is 0. The number of nitrogens with one attached hydrogen (secondary N) is 1. The van der Waals surface area contributed by atoms with Crippen molar-refractivity contribution in [1.29, 1.82) is 0 Å². The van der Waals surface area contributed by atoms with Gasteiger partial charge in [-0.05, 0) is 48.0 Å². The van der Waals surface area contributed by atoms with E-state index in [2.05, 4.69) is 11.4 Å². The van der Waals surface area contributed by atoms with E-state index in [0.29, 0.717) is 11.6 Å². The zero-order valence-corrected chi connectivity index (χ0v) is 12.0. The lowest BCUT2D eigenvalue weighted by Gasteiger charge is -2.10. The molecule has 3 aromatic rings. The molecule has 0 unspecified atom stereocenters. The number of rotatable bonds is 4. The first kappa shape index (κ1) is 13.7. The van der Waals surface area contributed by atoms with Crippen LogP contribution in [0.15, 0.2) is 67.0 Å². The Morgan fingerprint density at radius 1 is 1.00 bits per heavy atom. The summed E-state index contributed by atoms with van der Waals surface area (Å²) < 4.78 is 15.1. The molecule has 0 atom stereocenters. The minimum atomic E-state index is -0.321. The van der Waals surface area contributed by atoms with Crippen LogP contribution in [0, 0.1) is 5.82 Å². The van der Waals surface area contributed by atoms with Crippen molar-refractivity contribution in [3.05, 3.63) is 83.4 Å². The van der Waals surface area contributed by atoms with Crippen molar-refractivity contribution in [1.82, 2.24) is 4.57 Å². The molecule has 21 heavy (non-hydrogen) atoms. The van der Waals surface area contributed by atoms with Crippen molar-refractivity contribution in [2.24, 2.45) is 0 Å². The van der Waals surface area contributed by atoms with Gasteiger partial charge in [-0.3, -0.25) is 0 Å². The molecule has 0 radical (unpaired) electrons. The van der Waals surface area contributed by atoms with Gasteiger partial charge in [0.05, 0.1) is 0 Å². The second-order valence-corrected chi connectivity index (χ2v) is 5.14. The van der Waals surface area contributed by atoms with Crippen LogP contribution in [0.3, 0.4) is 0 Å². The van der Waals surface area contributed by atoms with Crippen LogP contribution in [0.5, 0.6) is 0 Å². The van der Waals surface area contributed by atoms with E-state index >= 15 is 0 Å². The SMILES string of the molecule is Fc1ccc(CNc2cccc(-n3cccc3)c2)c(Cl)c1. The summed E-state index contributed by atoms with van der Waals surface area (Å²) in [5.41, 5.74) is 2.93. The fraction of sp³-hybridized carbons (Fsp3) is 0.0588. The van der Waals surface area contributed by atoms with Crippen molar-refractivity contribution in [2.45, 2.75) is 6.54 Å². The lowest BCUT2D eigenvalue weighted by atomic mass is 10.2. The molecule has 0 aliphatic carbocycles. The molecular formula is C17H14ClFN2. The molecule has 1 N–H and O–H groups in total. The van der Waals surface area contributed by atoms with E-state index in [4.69, 9.17) is 11.6 Å². The molecule has 0 aliphatic rings. The molecular weight excluding hydrogens is 287 g/mol. The van der Waals surface area contributed by atoms with E-state index in [1.54, 1.807) is 6.07 Å². The molecule has 2 aromatic carbocycles. The first-order valence-electron chi connectivity index (χ1n) is 6.63. The van der Waals surface area contributed by atoms with Gasteiger partial charge in [-0.15, -0.1) is 0 Å². The second kappa shape index (κ2) is 6.02. The number of anilines is 1. The molecule has 2 nitrogen and oxygen atoms in total. The molecule has 3 rings (SSSR count). The van der Waals surface area contributed by atoms with E-state index < -0.39 is 0 Å². The fourth-order valence-electron chi connectivity index (χ4n) is 2.15. The maximum Gasteiger partial charge on any atom is 0.124 e. The van der Waals surface area contributed by atoms with E-state index in [1.807, 2.05) is 47.3 Å². The van der Waals surface area contributed by atoms with Gasteiger partial charge in [0.15, 0.2) is 0 Å². The Hall–Kier alpha value is -2.26. The third-order valence-corrected chi connectivity index (χ3v) is 3.60. The van der Waals surface area contributed by atoms with E-state index in [1.165, 1.54) is 12.1 Å². The van der Waals surface area contributed by atoms with Crippen LogP contribution in [0.2, 0.25) is 5.02 Å². The molecule has 106 valence electrons. The Labute approximate surface area is 127 Å². The quantitative estimate of drug-likeness (QED) is 0.726. The van der Waals surface area contributed by atoms with Gasteiger partial charge in [0.2, 0.25) is 0 Å². The molecule has 0 saturated heterocycles. The predicted octanol–water partition coefficient (Wildman–Crippen LogP) is 4.88. The zero-order valence-electron chi connectivity index (χ0n) is 11.3. The Kier molecular flexibility index (Phi) is 3.93. The van der Waals surface area contributed by atoms with Gasteiger partial charge in [0.25, 0.3) is 0 Å². The molecule has 0 aliphatic heterocycles. The molecule has 0 spiro atoms. The molecule has 0 amide bonds. The Bertz CT molecular complexity index is 738. The van der Waals surface area contributed by atoms with Crippen molar-refractivity contribution < 1.29 is 4.39 Å². The number of halogens is 2. The van der Waals surface area contributed by atoms with Crippen LogP contribution >= 0.6 is 11.6 Å². The topological polar surface area (TPSA) is 17.0 Å². The zero-order chi connectivity index (χ0) is 14.7. The lowest BCUT2D eigenvalue weighted by molar-refractivity contribution is 0.627. The van der Waals surface area contributed by atoms with Crippen LogP contribution in [0.25, 0.3) is 5.69 Å². The highest BCUT2D eigenvalue weighted by Crippen LogP contribution is 2.20. The van der Waals surface area contributed by atoms with Gasteiger partial charge in [-0.1, -0.05) is 23.7 Å². The maximum atomic E-state index is 13.0. The first-order chi connectivity index (χ1) is 10.2. The normalized spacial score (nSPS) is 10.6. The van der Waals surface area contributed by atoms with Crippen LogP contribution < -0.4 is 5.32 Å². The summed E-state index contributed by atoms with van der Waals surface area (Å²) in [6.45, 7) is 0.550. The summed E-state index contributed by atoms with van der Waals surface area (Å²) in [5, 5.41) is 3.74. The molecule has 0 saturated carbocycles. The minimum absolute atomic E-state index is 0.321. The second-order valence-electron chi connectivity index (χ2n) is 4.73. The highest BCUT2D eigenvalue weighted by atomic mass is 35.5. The van der Waals surface area contributed by atoms with Gasteiger partial charge in [-0.2, -0.15) is 0 Å². The number of aromatic nitrogens is 1. The molecule has 1 heterocycles. The lowest BCUT2D eigenvalue weighted by Crippen LogP contribution is -2.01. The van der Waals surface area contributed by atoms with Crippen LogP contribution in [0.1, 0.15) is 5.56 Å². The first-order valence-corrected chi connectivity index (χ1v) is 7.01. The highest BCUT2D eigenvalue weighted by Gasteiger charge is 2.03. The summed E-state index contributed by atoms with van der Waals surface area (Å²) >= 11 is 6.02. The third-order valence-electron chi connectivity index (χ3n) is 3.25. The monoisotopic (exact) mass is 300 g/mol. The van der Waals surface area contributed by atoms with Gasteiger partial charge >= 0.3 is 0 Å². The largest absolute Gasteiger partial charge is 0.381 e. The van der Waals surface area contributed by atoms with Crippen LogP contribution in [-0.4, -0.2) is 4.57 Å². The highest BCUT2D eigenvalue weighted by molar-refractivity contribution is 6.31. The molecule has 0 fully saturated rings. The Balaban J connectivity index is 1.75. The minimum Gasteiger partial charge on any atom is -0.381 e. The average Bonchev–Trinajstić information content (AvgIpc) is 3.01. The number of hydrogen-bond donors (Lipinski definition) is 1. The number of benzene rings is 2. The van der Waals surface area contributed by atoms with Crippen molar-refractivity contribution >= 4 is 17.3 Å². The van der Waals surface area contributed by atoms with Crippen molar-refractivity contribution in [3.8, 4) is 5.69 Å². The standard InChI is InChI=1S/C17H14ClFN2/c18-17-10-14(19)7-6-13(17)12-20-15-4-3-5-16(11-15)21-8-1-2-9-21/h1-11,20H,12H2. The Morgan fingerprint density at radius 3 is 2.57 bits per heavy atom. The summed E-state index contributed by atoms with van der Waals surface area (Å²) in [6, 6.07) is 16.5. The Morgan fingerprint density at radius 2 is 1.81 bits per heavy atom. The van der Waals surface area contributed by atoms with Crippen LogP contribution in [0.4, 0.5) is 10.1 Å². The molecule has 4 heteroatoms. The maximum absolute atomic E-state index is 13.0. The average molecular weight is 301 g/mol. The van der Waals surface area contributed by atoms with Gasteiger partial charge < -0.3 is 9.88 Å². The number of hydrogen-bond acceptors (Lipinski definition) is 1. The third kappa shape index (κ3) is 3.26. The summed E-state index contributed by atoms with van der Waals surface area (Å²) in [5.74, 6) is -0.321. The summed E-state index contributed by atoms with van der Waals surface area (Å²) in [4.78, 5) is 0. The van der Waals surface area contributed by atoms with Crippen LogP contribution in [-0.2, 0) is 6.54 Å². The fourth-order valence-corrected chi connectivity index (χ4v) is 2.38. The number of nitrogens with zero attached hydrogens (tertiary/aromatic N) is 1. The van der Waals surface area contributed by atoms with Crippen molar-refractivity contribution in [3.63, 3.8) is 0 Å².